The first-order chi connectivity index (χ1) is 17.2. The first-order valence-electron chi connectivity index (χ1n) is 12.1. The number of halogens is 1. The van der Waals surface area contributed by atoms with Crippen LogP contribution in [0.5, 0.6) is 5.75 Å². The van der Waals surface area contributed by atoms with E-state index in [1.165, 1.54) is 18.5 Å². The molecule has 3 heterocycles. The Kier molecular flexibility index (Phi) is 5.21. The van der Waals surface area contributed by atoms with Gasteiger partial charge in [0.1, 0.15) is 29.2 Å². The maximum absolute atomic E-state index is 13.6. The summed E-state index contributed by atoms with van der Waals surface area (Å²) in [6, 6.07) is 13.0. The van der Waals surface area contributed by atoms with E-state index in [9.17, 15) is 14.3 Å². The Morgan fingerprint density at radius 1 is 1.22 bits per heavy atom. The summed E-state index contributed by atoms with van der Waals surface area (Å²) in [6.45, 7) is 2.14. The molecule has 2 aliphatic rings. The van der Waals surface area contributed by atoms with E-state index >= 15 is 0 Å². The second-order valence-electron chi connectivity index (χ2n) is 10.1. The number of hydrogen-bond donors (Lipinski definition) is 2. The first-order valence-corrected chi connectivity index (χ1v) is 12.1. The Labute approximate surface area is 207 Å². The summed E-state index contributed by atoms with van der Waals surface area (Å²) >= 11 is 0. The van der Waals surface area contributed by atoms with Gasteiger partial charge in [-0.3, -0.25) is 4.79 Å². The first kappa shape index (κ1) is 22.8. The van der Waals surface area contributed by atoms with Crippen LogP contribution in [0.3, 0.4) is 0 Å². The van der Waals surface area contributed by atoms with Gasteiger partial charge in [0.05, 0.1) is 11.2 Å². The molecule has 36 heavy (non-hydrogen) atoms. The van der Waals surface area contributed by atoms with Gasteiger partial charge in [0.15, 0.2) is 23.5 Å². The third-order valence-corrected chi connectivity index (χ3v) is 7.31. The minimum atomic E-state index is -1.31. The minimum absolute atomic E-state index is 0.0139. The van der Waals surface area contributed by atoms with Crippen molar-refractivity contribution >= 4 is 16.9 Å². The molecular weight excluding hydrogens is 461 g/mol. The third kappa shape index (κ3) is 3.86. The molecule has 1 aliphatic carbocycles. The Bertz CT molecular complexity index is 1480. The van der Waals surface area contributed by atoms with Crippen LogP contribution in [0, 0.1) is 11.7 Å². The zero-order chi connectivity index (χ0) is 25.1. The van der Waals surface area contributed by atoms with Crippen LogP contribution in [0.2, 0.25) is 0 Å². The minimum Gasteiger partial charge on any atom is -0.489 e. The summed E-state index contributed by atoms with van der Waals surface area (Å²) in [5.41, 5.74) is 8.58. The molecule has 4 aromatic rings. The average molecular weight is 488 g/mol. The fraction of sp³-hybridized carbons (Fsp3) is 0.321. The number of ether oxygens (including phenoxy) is 1. The normalized spacial score (nSPS) is 20.7. The number of aromatic nitrogens is 2. The van der Waals surface area contributed by atoms with Crippen LogP contribution in [0.15, 0.2) is 59.3 Å². The number of Topliss-reactive ketones (excluding diaryl/α,β-unsaturated/α-hetero) is 1. The van der Waals surface area contributed by atoms with Crippen LogP contribution in [-0.2, 0) is 11.1 Å². The highest BCUT2D eigenvalue weighted by molar-refractivity contribution is 5.98. The molecule has 6 rings (SSSR count). The van der Waals surface area contributed by atoms with Crippen LogP contribution in [0.1, 0.15) is 54.2 Å². The van der Waals surface area contributed by atoms with Gasteiger partial charge in [0.25, 0.3) is 0 Å². The Morgan fingerprint density at radius 2 is 2.00 bits per heavy atom. The summed E-state index contributed by atoms with van der Waals surface area (Å²) in [7, 11) is 0. The van der Waals surface area contributed by atoms with Crippen molar-refractivity contribution in [2.75, 3.05) is 6.61 Å². The van der Waals surface area contributed by atoms with Crippen LogP contribution >= 0.6 is 0 Å². The molecule has 3 N–H and O–H groups in total. The number of pyridine rings is 1. The van der Waals surface area contributed by atoms with Crippen molar-refractivity contribution < 1.29 is 23.4 Å². The number of carbonyl (C=O) groups excluding carboxylic acids is 1. The number of hydrogen-bond acceptors (Lipinski definition) is 7. The number of oxazole rings is 1. The lowest BCUT2D eigenvalue weighted by Gasteiger charge is -2.29. The number of ketones is 1. The lowest BCUT2D eigenvalue weighted by Crippen LogP contribution is -2.35. The van der Waals surface area contributed by atoms with Gasteiger partial charge in [0.2, 0.25) is 0 Å². The molecule has 1 fully saturated rings. The maximum atomic E-state index is 13.6. The lowest BCUT2D eigenvalue weighted by atomic mass is 9.83. The molecule has 1 saturated carbocycles. The van der Waals surface area contributed by atoms with Crippen molar-refractivity contribution in [3.63, 3.8) is 0 Å². The molecule has 184 valence electrons. The molecule has 0 saturated heterocycles. The van der Waals surface area contributed by atoms with E-state index in [4.69, 9.17) is 19.9 Å². The van der Waals surface area contributed by atoms with Crippen LogP contribution < -0.4 is 10.5 Å². The summed E-state index contributed by atoms with van der Waals surface area (Å²) in [6.07, 6.45) is 3.37. The second kappa shape index (κ2) is 8.21. The van der Waals surface area contributed by atoms with Gasteiger partial charge in [-0.05, 0) is 80.6 Å². The topological polar surface area (TPSA) is 111 Å². The molecule has 1 aliphatic heterocycles. The van der Waals surface area contributed by atoms with E-state index < -0.39 is 11.1 Å². The molecule has 2 aromatic carbocycles. The zero-order valence-corrected chi connectivity index (χ0v) is 19.8. The lowest BCUT2D eigenvalue weighted by molar-refractivity contribution is -0.00116. The highest BCUT2D eigenvalue weighted by Crippen LogP contribution is 2.51. The summed E-state index contributed by atoms with van der Waals surface area (Å²) in [5.74, 6) is 0.0805. The van der Waals surface area contributed by atoms with E-state index in [1.807, 2.05) is 13.0 Å². The number of rotatable bonds is 7. The van der Waals surface area contributed by atoms with Gasteiger partial charge in [0, 0.05) is 23.1 Å². The zero-order valence-electron chi connectivity index (χ0n) is 19.8. The maximum Gasteiger partial charge on any atom is 0.181 e. The molecule has 2 atom stereocenters. The quantitative estimate of drug-likeness (QED) is 0.358. The number of nitrogens with zero attached hydrogens (tertiary/aromatic N) is 2. The largest absolute Gasteiger partial charge is 0.489 e. The summed E-state index contributed by atoms with van der Waals surface area (Å²) < 4.78 is 24.9. The molecule has 8 heteroatoms. The highest BCUT2D eigenvalue weighted by atomic mass is 19.1. The van der Waals surface area contributed by atoms with Crippen LogP contribution in [0.25, 0.3) is 22.4 Å². The van der Waals surface area contributed by atoms with Crippen molar-refractivity contribution in [3.8, 4) is 17.0 Å². The monoisotopic (exact) mass is 487 g/mol. The van der Waals surface area contributed by atoms with Gasteiger partial charge in [-0.2, -0.15) is 0 Å². The van der Waals surface area contributed by atoms with Gasteiger partial charge in [-0.15, -0.1) is 0 Å². The molecule has 0 amide bonds. The average Bonchev–Trinajstić information content (AvgIpc) is 3.55. The fourth-order valence-electron chi connectivity index (χ4n) is 5.01. The van der Waals surface area contributed by atoms with Gasteiger partial charge in [-0.1, -0.05) is 0 Å². The van der Waals surface area contributed by atoms with Crippen LogP contribution in [-0.4, -0.2) is 27.5 Å². The predicted octanol–water partition coefficient (Wildman–Crippen LogP) is 4.86. The SMILES string of the molecule is C[C@]1(N)COc2c1cc([C@@](O)(CCC(=O)c1ccc3ncoc3c1)C1CC1)nc2-c1ccc(F)cc1. The molecule has 0 spiro atoms. The number of fused-ring (bicyclic) bond motifs is 2. The van der Waals surface area contributed by atoms with E-state index in [1.54, 1.807) is 30.3 Å². The highest BCUT2D eigenvalue weighted by Gasteiger charge is 2.48. The Hall–Kier alpha value is -3.62. The summed E-state index contributed by atoms with van der Waals surface area (Å²) in [5, 5.41) is 12.0. The molecule has 0 bridgehead atoms. The number of aliphatic hydroxyl groups is 1. The van der Waals surface area contributed by atoms with Crippen molar-refractivity contribution in [2.24, 2.45) is 11.7 Å². The molecule has 0 unspecified atom stereocenters. The van der Waals surface area contributed by atoms with Gasteiger partial charge in [-0.25, -0.2) is 14.4 Å². The van der Waals surface area contributed by atoms with Crippen molar-refractivity contribution in [2.45, 2.75) is 43.7 Å². The van der Waals surface area contributed by atoms with Crippen molar-refractivity contribution in [3.05, 3.63) is 77.6 Å². The molecule has 7 nitrogen and oxygen atoms in total. The smallest absolute Gasteiger partial charge is 0.181 e. The van der Waals surface area contributed by atoms with E-state index in [2.05, 4.69) is 4.98 Å². The third-order valence-electron chi connectivity index (χ3n) is 7.31. The molecule has 2 aromatic heterocycles. The summed E-state index contributed by atoms with van der Waals surface area (Å²) in [4.78, 5) is 22.0. The van der Waals surface area contributed by atoms with E-state index in [-0.39, 0.29) is 37.0 Å². The number of carbonyl (C=O) groups is 1. The van der Waals surface area contributed by atoms with Crippen molar-refractivity contribution in [1.29, 1.82) is 0 Å². The molecular formula is C28H26FN3O4. The van der Waals surface area contributed by atoms with E-state index in [0.717, 1.165) is 18.4 Å². The number of benzene rings is 2. The standard InChI is InChI=1S/C28H26FN3O4/c1-27(30)14-35-26-20(27)13-24(32-25(26)16-2-7-19(29)8-3-16)28(34,18-5-6-18)11-10-22(33)17-4-9-21-23(12-17)36-15-31-21/h2-4,7-9,12-13,15,18,34H,5-6,10-11,14,30H2,1H3/t27-,28+/m0/s1. The molecule has 0 radical (unpaired) electrons. The van der Waals surface area contributed by atoms with Crippen molar-refractivity contribution in [1.82, 2.24) is 9.97 Å². The number of nitrogens with two attached hydrogens (primary N) is 1. The van der Waals surface area contributed by atoms with Crippen LogP contribution in [0.4, 0.5) is 4.39 Å². The van der Waals surface area contributed by atoms with Gasteiger partial charge < -0.3 is 20.0 Å². The Balaban J connectivity index is 1.37. The fourth-order valence-corrected chi connectivity index (χ4v) is 5.01. The second-order valence-corrected chi connectivity index (χ2v) is 10.1. The van der Waals surface area contributed by atoms with Gasteiger partial charge >= 0.3 is 0 Å². The predicted molar refractivity (Wildman–Crippen MR) is 131 cm³/mol. The van der Waals surface area contributed by atoms with E-state index in [0.29, 0.717) is 39.4 Å². The Morgan fingerprint density at radius 3 is 2.75 bits per heavy atom.